The van der Waals surface area contributed by atoms with Gasteiger partial charge < -0.3 is 9.64 Å². The van der Waals surface area contributed by atoms with Crippen molar-refractivity contribution in [1.82, 2.24) is 19.5 Å². The lowest BCUT2D eigenvalue weighted by molar-refractivity contribution is 0.0745. The van der Waals surface area contributed by atoms with E-state index in [1.54, 1.807) is 24.0 Å². The highest BCUT2D eigenvalue weighted by Gasteiger charge is 2.28. The molecule has 2 aromatic heterocycles. The third-order valence-corrected chi connectivity index (χ3v) is 5.21. The van der Waals surface area contributed by atoms with E-state index in [9.17, 15) is 4.79 Å². The summed E-state index contributed by atoms with van der Waals surface area (Å²) < 4.78 is 7.21. The summed E-state index contributed by atoms with van der Waals surface area (Å²) in [6.45, 7) is 4.82. The predicted octanol–water partition coefficient (Wildman–Crippen LogP) is 3.34. The Morgan fingerprint density at radius 2 is 2.04 bits per heavy atom. The van der Waals surface area contributed by atoms with Gasteiger partial charge in [-0.1, -0.05) is 18.2 Å². The number of para-hydroxylation sites is 1. The molecule has 1 amide bonds. The summed E-state index contributed by atoms with van der Waals surface area (Å²) in [5.41, 5.74) is 3.96. The van der Waals surface area contributed by atoms with E-state index in [-0.39, 0.29) is 11.9 Å². The van der Waals surface area contributed by atoms with Crippen LogP contribution >= 0.6 is 0 Å². The minimum atomic E-state index is 0.0382. The third kappa shape index (κ3) is 2.53. The summed E-state index contributed by atoms with van der Waals surface area (Å²) in [6, 6.07) is 8.07. The van der Waals surface area contributed by atoms with Gasteiger partial charge >= 0.3 is 0 Å². The van der Waals surface area contributed by atoms with Gasteiger partial charge in [0.05, 0.1) is 30.1 Å². The highest BCUT2D eigenvalue weighted by atomic mass is 16.5. The molecule has 1 aliphatic rings. The molecule has 0 spiro atoms. The normalized spacial score (nSPS) is 17.0. The minimum Gasteiger partial charge on any atom is -0.496 e. The first-order chi connectivity index (χ1) is 12.6. The van der Waals surface area contributed by atoms with Gasteiger partial charge in [-0.25, -0.2) is 9.50 Å². The molecule has 3 aromatic rings. The number of nitrogens with zero attached hydrogens (tertiary/aromatic N) is 4. The van der Waals surface area contributed by atoms with Crippen LogP contribution < -0.4 is 4.74 Å². The van der Waals surface area contributed by atoms with Crippen molar-refractivity contribution in [3.63, 3.8) is 0 Å². The summed E-state index contributed by atoms with van der Waals surface area (Å²) in [4.78, 5) is 19.4. The Kier molecular flexibility index (Phi) is 4.11. The Balaban J connectivity index is 1.80. The maximum Gasteiger partial charge on any atom is 0.257 e. The zero-order valence-electron chi connectivity index (χ0n) is 15.3. The van der Waals surface area contributed by atoms with Crippen molar-refractivity contribution in [2.45, 2.75) is 32.7 Å². The molecule has 4 rings (SSSR count). The Labute approximate surface area is 152 Å². The van der Waals surface area contributed by atoms with E-state index in [0.717, 1.165) is 47.6 Å². The van der Waals surface area contributed by atoms with Gasteiger partial charge in [0.15, 0.2) is 5.65 Å². The van der Waals surface area contributed by atoms with Crippen molar-refractivity contribution in [1.29, 1.82) is 0 Å². The molecule has 6 heteroatoms. The second kappa shape index (κ2) is 6.44. The van der Waals surface area contributed by atoms with Crippen LogP contribution in [-0.4, -0.2) is 45.1 Å². The van der Waals surface area contributed by atoms with Crippen molar-refractivity contribution in [3.8, 4) is 16.9 Å². The molecule has 1 aliphatic heterocycles. The molecular formula is C20H22N4O2. The lowest BCUT2D eigenvalue weighted by Gasteiger charge is -2.22. The van der Waals surface area contributed by atoms with Crippen LogP contribution in [0, 0.1) is 6.92 Å². The molecule has 1 atom stereocenters. The van der Waals surface area contributed by atoms with Gasteiger partial charge in [0, 0.05) is 24.3 Å². The maximum absolute atomic E-state index is 12.9. The number of fused-ring (bicyclic) bond motifs is 1. The minimum absolute atomic E-state index is 0.0382. The topological polar surface area (TPSA) is 59.7 Å². The Hall–Kier alpha value is -2.89. The summed E-state index contributed by atoms with van der Waals surface area (Å²) in [5, 5.41) is 4.49. The number of ether oxygens (including phenoxy) is 1. The van der Waals surface area contributed by atoms with E-state index in [0.29, 0.717) is 5.56 Å². The second-order valence-corrected chi connectivity index (χ2v) is 6.74. The number of likely N-dealkylation sites (tertiary alicyclic amines) is 1. The molecule has 134 valence electrons. The summed E-state index contributed by atoms with van der Waals surface area (Å²) in [6.07, 6.45) is 5.57. The van der Waals surface area contributed by atoms with E-state index in [1.807, 2.05) is 36.1 Å². The number of benzene rings is 1. The molecule has 0 aliphatic carbocycles. The van der Waals surface area contributed by atoms with Gasteiger partial charge in [-0.05, 0) is 32.8 Å². The molecule has 1 saturated heterocycles. The van der Waals surface area contributed by atoms with Crippen LogP contribution in [0.2, 0.25) is 0 Å². The molecule has 1 unspecified atom stereocenters. The number of amides is 1. The Bertz CT molecular complexity index is 979. The Morgan fingerprint density at radius 3 is 2.77 bits per heavy atom. The van der Waals surface area contributed by atoms with Gasteiger partial charge in [0.2, 0.25) is 0 Å². The van der Waals surface area contributed by atoms with Crippen LogP contribution in [0.3, 0.4) is 0 Å². The fourth-order valence-electron chi connectivity index (χ4n) is 3.70. The van der Waals surface area contributed by atoms with Crippen molar-refractivity contribution in [2.75, 3.05) is 13.7 Å². The van der Waals surface area contributed by atoms with E-state index < -0.39 is 0 Å². The molecule has 1 aromatic carbocycles. The zero-order chi connectivity index (χ0) is 18.3. The van der Waals surface area contributed by atoms with Crippen molar-refractivity contribution < 1.29 is 9.53 Å². The first-order valence-corrected chi connectivity index (χ1v) is 8.89. The van der Waals surface area contributed by atoms with Crippen molar-refractivity contribution in [2.24, 2.45) is 0 Å². The molecule has 1 fully saturated rings. The first-order valence-electron chi connectivity index (χ1n) is 8.89. The predicted molar refractivity (Wildman–Crippen MR) is 99.4 cm³/mol. The van der Waals surface area contributed by atoms with E-state index >= 15 is 0 Å². The van der Waals surface area contributed by atoms with E-state index in [1.165, 1.54) is 0 Å². The van der Waals surface area contributed by atoms with E-state index in [4.69, 9.17) is 4.74 Å². The smallest absolute Gasteiger partial charge is 0.257 e. The van der Waals surface area contributed by atoms with Crippen molar-refractivity contribution >= 4 is 11.6 Å². The summed E-state index contributed by atoms with van der Waals surface area (Å²) >= 11 is 0. The molecule has 26 heavy (non-hydrogen) atoms. The third-order valence-electron chi connectivity index (χ3n) is 5.21. The second-order valence-electron chi connectivity index (χ2n) is 6.74. The molecular weight excluding hydrogens is 328 g/mol. The van der Waals surface area contributed by atoms with Crippen LogP contribution in [0.4, 0.5) is 0 Å². The average Bonchev–Trinajstić information content (AvgIpc) is 3.28. The average molecular weight is 350 g/mol. The number of hydrogen-bond acceptors (Lipinski definition) is 4. The molecule has 0 bridgehead atoms. The van der Waals surface area contributed by atoms with Crippen LogP contribution in [-0.2, 0) is 0 Å². The first kappa shape index (κ1) is 16.6. The quantitative estimate of drug-likeness (QED) is 0.727. The van der Waals surface area contributed by atoms with Crippen LogP contribution in [0.1, 0.15) is 35.8 Å². The number of methoxy groups -OCH3 is 1. The summed E-state index contributed by atoms with van der Waals surface area (Å²) in [5.74, 6) is 0.809. The van der Waals surface area contributed by atoms with Crippen LogP contribution in [0.15, 0.2) is 36.7 Å². The van der Waals surface area contributed by atoms with Crippen molar-refractivity contribution in [3.05, 3.63) is 47.9 Å². The fourth-order valence-corrected chi connectivity index (χ4v) is 3.70. The molecule has 6 nitrogen and oxygen atoms in total. The van der Waals surface area contributed by atoms with Crippen LogP contribution in [0.5, 0.6) is 5.75 Å². The SMILES string of the molecule is COc1ccccc1-c1cnn2c(C)c(C(=O)N3CCCC3C)cnc12. The van der Waals surface area contributed by atoms with Gasteiger partial charge in [-0.3, -0.25) is 4.79 Å². The zero-order valence-corrected chi connectivity index (χ0v) is 15.3. The maximum atomic E-state index is 12.9. The van der Waals surface area contributed by atoms with Crippen LogP contribution in [0.25, 0.3) is 16.8 Å². The number of rotatable bonds is 3. The molecule has 3 heterocycles. The fraction of sp³-hybridized carbons (Fsp3) is 0.350. The number of carbonyl (C=O) groups is 1. The highest BCUT2D eigenvalue weighted by Crippen LogP contribution is 2.32. The van der Waals surface area contributed by atoms with Gasteiger partial charge in [-0.15, -0.1) is 0 Å². The largest absolute Gasteiger partial charge is 0.496 e. The van der Waals surface area contributed by atoms with Gasteiger partial charge in [-0.2, -0.15) is 5.10 Å². The number of hydrogen-bond donors (Lipinski definition) is 0. The lowest BCUT2D eigenvalue weighted by atomic mass is 10.1. The molecule has 0 radical (unpaired) electrons. The standard InChI is InChI=1S/C20H22N4O2/c1-13-7-6-10-23(13)20(25)16-11-21-19-17(12-22-24(19)14(16)2)15-8-4-5-9-18(15)26-3/h4-5,8-9,11-13H,6-7,10H2,1-3H3. The number of carbonyl (C=O) groups excluding carboxylic acids is 1. The monoisotopic (exact) mass is 350 g/mol. The van der Waals surface area contributed by atoms with E-state index in [2.05, 4.69) is 17.0 Å². The molecule has 0 saturated carbocycles. The molecule has 0 N–H and O–H groups in total. The summed E-state index contributed by atoms with van der Waals surface area (Å²) in [7, 11) is 1.65. The lowest BCUT2D eigenvalue weighted by Crippen LogP contribution is -2.34. The Morgan fingerprint density at radius 1 is 1.23 bits per heavy atom. The highest BCUT2D eigenvalue weighted by molar-refractivity contribution is 5.96. The number of aromatic nitrogens is 3. The van der Waals surface area contributed by atoms with Gasteiger partial charge in [0.1, 0.15) is 5.75 Å². The van der Waals surface area contributed by atoms with Gasteiger partial charge in [0.25, 0.3) is 5.91 Å². The number of aryl methyl sites for hydroxylation is 1.